The minimum Gasteiger partial charge on any atom is -0.328 e. The minimum absolute atomic E-state index is 0. The molecule has 2 N–H and O–H groups in total. The first-order valence-corrected chi connectivity index (χ1v) is 5.39. The number of rotatable bonds is 1. The van der Waals surface area contributed by atoms with Crippen LogP contribution in [0.3, 0.4) is 0 Å². The molecule has 0 aliphatic heterocycles. The Morgan fingerprint density at radius 3 is 2.62 bits per heavy atom. The van der Waals surface area contributed by atoms with E-state index < -0.39 is 0 Å². The Hall–Kier alpha value is -0.750. The molecule has 2 rings (SSSR count). The smallest absolute Gasteiger partial charge is 0.0994 e. The highest BCUT2D eigenvalue weighted by molar-refractivity contribution is 6.30. The van der Waals surface area contributed by atoms with Gasteiger partial charge in [0.1, 0.15) is 0 Å². The molecule has 0 bridgehead atoms. The lowest BCUT2D eigenvalue weighted by molar-refractivity contribution is 0.227. The van der Waals surface area contributed by atoms with Crippen LogP contribution in [0.25, 0.3) is 0 Å². The summed E-state index contributed by atoms with van der Waals surface area (Å²) in [6, 6.07) is 7.91. The highest BCUT2D eigenvalue weighted by Gasteiger charge is 2.41. The van der Waals surface area contributed by atoms with E-state index in [-0.39, 0.29) is 23.9 Å². The van der Waals surface area contributed by atoms with Gasteiger partial charge in [0.05, 0.1) is 11.6 Å². The summed E-state index contributed by atoms with van der Waals surface area (Å²) >= 11 is 5.96. The number of nitrogens with two attached hydrogens (primary N) is 1. The van der Waals surface area contributed by atoms with E-state index in [0.717, 1.165) is 18.4 Å². The van der Waals surface area contributed by atoms with E-state index in [4.69, 9.17) is 22.6 Å². The number of halogens is 2. The van der Waals surface area contributed by atoms with Crippen LogP contribution in [0.2, 0.25) is 5.02 Å². The van der Waals surface area contributed by atoms with E-state index in [0.29, 0.717) is 10.6 Å². The van der Waals surface area contributed by atoms with Crippen molar-refractivity contribution in [2.24, 2.45) is 5.73 Å². The lowest BCUT2D eigenvalue weighted by Crippen LogP contribution is -2.47. The van der Waals surface area contributed by atoms with Crippen molar-refractivity contribution < 1.29 is 0 Å². The van der Waals surface area contributed by atoms with Crippen molar-refractivity contribution in [3.63, 3.8) is 0 Å². The molecule has 0 spiro atoms. The Morgan fingerprint density at radius 1 is 1.50 bits per heavy atom. The Morgan fingerprint density at radius 2 is 2.12 bits per heavy atom. The molecule has 1 fully saturated rings. The van der Waals surface area contributed by atoms with Crippen molar-refractivity contribution >= 4 is 24.0 Å². The zero-order valence-electron chi connectivity index (χ0n) is 9.03. The molecule has 2 nitrogen and oxygen atoms in total. The Balaban J connectivity index is 0.00000128. The Bertz CT molecular complexity index is 431. The average molecular weight is 257 g/mol. The first-order chi connectivity index (χ1) is 7.05. The zero-order valence-corrected chi connectivity index (χ0v) is 10.6. The molecule has 1 saturated carbocycles. The normalized spacial score (nSPS) is 27.5. The number of nitriles is 1. The van der Waals surface area contributed by atoms with Crippen LogP contribution in [0.5, 0.6) is 0 Å². The highest BCUT2D eigenvalue weighted by Crippen LogP contribution is 2.44. The monoisotopic (exact) mass is 256 g/mol. The van der Waals surface area contributed by atoms with Crippen LogP contribution in [-0.4, -0.2) is 6.04 Å². The molecule has 0 amide bonds. The summed E-state index contributed by atoms with van der Waals surface area (Å²) in [5.41, 5.74) is 7.60. The third-order valence-corrected chi connectivity index (χ3v) is 3.41. The summed E-state index contributed by atoms with van der Waals surface area (Å²) in [6.45, 7) is 2.14. The van der Waals surface area contributed by atoms with Crippen molar-refractivity contribution in [2.75, 3.05) is 0 Å². The van der Waals surface area contributed by atoms with E-state index in [1.165, 1.54) is 0 Å². The van der Waals surface area contributed by atoms with Crippen molar-refractivity contribution in [3.05, 3.63) is 34.3 Å². The van der Waals surface area contributed by atoms with Gasteiger partial charge in [-0.3, -0.25) is 0 Å². The second kappa shape index (κ2) is 4.63. The average Bonchev–Trinajstić information content (AvgIpc) is 2.15. The zero-order chi connectivity index (χ0) is 11.1. The molecule has 4 heteroatoms. The van der Waals surface area contributed by atoms with Gasteiger partial charge in [-0.2, -0.15) is 5.26 Å². The van der Waals surface area contributed by atoms with E-state index in [1.807, 2.05) is 6.07 Å². The number of nitrogens with zero attached hydrogens (tertiary/aromatic N) is 1. The molecule has 1 aromatic carbocycles. The fraction of sp³-hybridized carbons (Fsp3) is 0.417. The van der Waals surface area contributed by atoms with Crippen LogP contribution < -0.4 is 5.73 Å². The first-order valence-electron chi connectivity index (χ1n) is 5.01. The molecule has 0 heterocycles. The van der Waals surface area contributed by atoms with E-state index in [2.05, 4.69) is 13.0 Å². The van der Waals surface area contributed by atoms with Crippen LogP contribution in [0.1, 0.15) is 30.9 Å². The van der Waals surface area contributed by atoms with Gasteiger partial charge in [-0.25, -0.2) is 0 Å². The Kier molecular flexibility index (Phi) is 3.85. The molecular weight excluding hydrogens is 243 g/mol. The molecule has 0 radical (unpaired) electrons. The maximum atomic E-state index is 9.03. The second-order valence-electron chi connectivity index (χ2n) is 4.53. The van der Waals surface area contributed by atoms with Crippen molar-refractivity contribution in [3.8, 4) is 6.07 Å². The summed E-state index contributed by atoms with van der Waals surface area (Å²) in [5.74, 6) is 0. The van der Waals surface area contributed by atoms with Gasteiger partial charge in [-0.1, -0.05) is 18.5 Å². The largest absolute Gasteiger partial charge is 0.328 e. The van der Waals surface area contributed by atoms with E-state index in [9.17, 15) is 0 Å². The summed E-state index contributed by atoms with van der Waals surface area (Å²) in [7, 11) is 0. The van der Waals surface area contributed by atoms with Gasteiger partial charge in [0.25, 0.3) is 0 Å². The Labute approximate surface area is 107 Å². The lowest BCUT2D eigenvalue weighted by Gasteiger charge is -2.44. The van der Waals surface area contributed by atoms with Crippen molar-refractivity contribution in [1.29, 1.82) is 5.26 Å². The molecular formula is C12H14Cl2N2. The molecule has 16 heavy (non-hydrogen) atoms. The van der Waals surface area contributed by atoms with Crippen molar-refractivity contribution in [1.82, 2.24) is 0 Å². The third-order valence-electron chi connectivity index (χ3n) is 3.18. The molecule has 0 aromatic heterocycles. The minimum atomic E-state index is 0. The summed E-state index contributed by atoms with van der Waals surface area (Å²) in [6.07, 6.45) is 1.87. The maximum Gasteiger partial charge on any atom is 0.0994 e. The van der Waals surface area contributed by atoms with Crippen LogP contribution >= 0.6 is 24.0 Å². The molecule has 1 aliphatic carbocycles. The van der Waals surface area contributed by atoms with E-state index >= 15 is 0 Å². The highest BCUT2D eigenvalue weighted by atomic mass is 35.5. The SMILES string of the molecule is CC1(c2cc(Cl)ccc2C#N)CC(N)C1.Cl. The molecule has 86 valence electrons. The second-order valence-corrected chi connectivity index (χ2v) is 4.97. The van der Waals surface area contributed by atoms with Crippen molar-refractivity contribution in [2.45, 2.75) is 31.2 Å². The quantitative estimate of drug-likeness (QED) is 0.840. The summed E-state index contributed by atoms with van der Waals surface area (Å²) in [5, 5.41) is 9.72. The predicted molar refractivity (Wildman–Crippen MR) is 68.0 cm³/mol. The van der Waals surface area contributed by atoms with Gasteiger partial charge in [0.2, 0.25) is 0 Å². The lowest BCUT2D eigenvalue weighted by atomic mass is 9.62. The van der Waals surface area contributed by atoms with Crippen LogP contribution in [-0.2, 0) is 5.41 Å². The van der Waals surface area contributed by atoms with Gasteiger partial charge in [-0.05, 0) is 42.0 Å². The topological polar surface area (TPSA) is 49.8 Å². The number of hydrogen-bond donors (Lipinski definition) is 1. The fourth-order valence-corrected chi connectivity index (χ4v) is 2.60. The molecule has 1 aliphatic rings. The van der Waals surface area contributed by atoms with E-state index in [1.54, 1.807) is 12.1 Å². The van der Waals surface area contributed by atoms with Gasteiger partial charge in [0, 0.05) is 11.1 Å². The maximum absolute atomic E-state index is 9.03. The predicted octanol–water partition coefficient (Wildman–Crippen LogP) is 3.01. The van der Waals surface area contributed by atoms with Gasteiger partial charge >= 0.3 is 0 Å². The standard InChI is InChI=1S/C12H13ClN2.ClH/c1-12(5-10(15)6-12)11-4-9(13)3-2-8(11)7-14;/h2-4,10H,5-6,15H2,1H3;1H. The molecule has 0 saturated heterocycles. The molecule has 0 atom stereocenters. The number of benzene rings is 1. The third kappa shape index (κ3) is 2.17. The summed E-state index contributed by atoms with van der Waals surface area (Å²) in [4.78, 5) is 0. The van der Waals surface area contributed by atoms with Crippen LogP contribution in [0.15, 0.2) is 18.2 Å². The van der Waals surface area contributed by atoms with Gasteiger partial charge in [0.15, 0.2) is 0 Å². The van der Waals surface area contributed by atoms with Crippen LogP contribution in [0.4, 0.5) is 0 Å². The molecule has 1 aromatic rings. The van der Waals surface area contributed by atoms with Crippen LogP contribution in [0, 0.1) is 11.3 Å². The first kappa shape index (κ1) is 13.3. The molecule has 0 unspecified atom stereocenters. The van der Waals surface area contributed by atoms with Gasteiger partial charge < -0.3 is 5.73 Å². The number of hydrogen-bond acceptors (Lipinski definition) is 2. The fourth-order valence-electron chi connectivity index (χ4n) is 2.43. The van der Waals surface area contributed by atoms with Gasteiger partial charge in [-0.15, -0.1) is 12.4 Å². The summed E-state index contributed by atoms with van der Waals surface area (Å²) < 4.78 is 0.